The Kier molecular flexibility index (Phi) is 47.4. The van der Waals surface area contributed by atoms with Gasteiger partial charge in [-0.05, 0) is 77.0 Å². The largest absolute Gasteiger partial charge is 0.462 e. The van der Waals surface area contributed by atoms with E-state index in [1.54, 1.807) is 0 Å². The lowest BCUT2D eigenvalue weighted by Gasteiger charge is -2.18. The molecule has 0 aromatic carbocycles. The minimum absolute atomic E-state index is 0.0940. The smallest absolute Gasteiger partial charge is 0.306 e. The van der Waals surface area contributed by atoms with Gasteiger partial charge in [0.15, 0.2) is 6.10 Å². The second-order valence-corrected chi connectivity index (χ2v) is 17.1. The number of unbranched alkanes of at least 4 members (excludes halogenated alkanes) is 25. The van der Waals surface area contributed by atoms with Crippen molar-refractivity contribution < 1.29 is 28.6 Å². The lowest BCUT2D eigenvalue weighted by molar-refractivity contribution is -0.167. The number of hydrogen-bond donors (Lipinski definition) is 0. The molecule has 0 N–H and O–H groups in total. The van der Waals surface area contributed by atoms with Gasteiger partial charge in [-0.1, -0.05) is 216 Å². The highest BCUT2D eigenvalue weighted by Crippen LogP contribution is 2.15. The fraction of sp³-hybridized carbons (Fsp3) is 0.764. The minimum Gasteiger partial charge on any atom is -0.462 e. The molecule has 6 nitrogen and oxygen atoms in total. The number of carbonyl (C=O) groups excluding carboxylic acids is 3. The monoisotopic (exact) mass is 853 g/mol. The van der Waals surface area contributed by atoms with Crippen LogP contribution in [0.25, 0.3) is 0 Å². The Bertz CT molecular complexity index is 1120. The molecule has 0 spiro atoms. The predicted octanol–water partition coefficient (Wildman–Crippen LogP) is 16.9. The molecule has 61 heavy (non-hydrogen) atoms. The van der Waals surface area contributed by atoms with Crippen LogP contribution in [0.2, 0.25) is 0 Å². The molecular weight excluding hydrogens is 757 g/mol. The van der Waals surface area contributed by atoms with Crippen LogP contribution in [0.1, 0.15) is 252 Å². The average Bonchev–Trinajstić information content (AvgIpc) is 3.26. The maximum absolute atomic E-state index is 12.8. The summed E-state index contributed by atoms with van der Waals surface area (Å²) < 4.78 is 16.7. The zero-order valence-electron chi connectivity index (χ0n) is 40.2. The Morgan fingerprint density at radius 1 is 0.328 bits per heavy atom. The normalized spacial score (nSPS) is 12.5. The summed E-state index contributed by atoms with van der Waals surface area (Å²) in [6.45, 7) is 6.52. The van der Waals surface area contributed by atoms with Crippen molar-refractivity contribution in [2.24, 2.45) is 0 Å². The lowest BCUT2D eigenvalue weighted by atomic mass is 10.0. The Hall–Kier alpha value is -2.89. The van der Waals surface area contributed by atoms with Crippen molar-refractivity contribution in [3.63, 3.8) is 0 Å². The van der Waals surface area contributed by atoms with Gasteiger partial charge in [-0.3, -0.25) is 14.4 Å². The topological polar surface area (TPSA) is 78.9 Å². The van der Waals surface area contributed by atoms with Gasteiger partial charge in [0.1, 0.15) is 13.2 Å². The van der Waals surface area contributed by atoms with Crippen LogP contribution in [0.5, 0.6) is 0 Å². The van der Waals surface area contributed by atoms with Crippen LogP contribution < -0.4 is 0 Å². The minimum atomic E-state index is -0.796. The summed E-state index contributed by atoms with van der Waals surface area (Å²) in [6, 6.07) is 0. The van der Waals surface area contributed by atoms with Gasteiger partial charge in [0.05, 0.1) is 0 Å². The van der Waals surface area contributed by atoms with Crippen molar-refractivity contribution in [2.45, 2.75) is 258 Å². The van der Waals surface area contributed by atoms with Gasteiger partial charge in [0, 0.05) is 19.3 Å². The van der Waals surface area contributed by atoms with Crippen LogP contribution in [0.15, 0.2) is 60.8 Å². The number of hydrogen-bond acceptors (Lipinski definition) is 6. The molecule has 0 aromatic heterocycles. The van der Waals surface area contributed by atoms with Crippen molar-refractivity contribution in [1.82, 2.24) is 0 Å². The van der Waals surface area contributed by atoms with E-state index >= 15 is 0 Å². The Balaban J connectivity index is 4.44. The van der Waals surface area contributed by atoms with Crippen LogP contribution >= 0.6 is 0 Å². The van der Waals surface area contributed by atoms with Gasteiger partial charge < -0.3 is 14.2 Å². The molecule has 0 rings (SSSR count). The first kappa shape index (κ1) is 58.1. The molecule has 0 aliphatic rings. The van der Waals surface area contributed by atoms with E-state index in [4.69, 9.17) is 14.2 Å². The summed E-state index contributed by atoms with van der Waals surface area (Å²) in [7, 11) is 0. The van der Waals surface area contributed by atoms with E-state index in [2.05, 4.69) is 81.5 Å². The molecule has 0 saturated carbocycles. The third kappa shape index (κ3) is 48.0. The van der Waals surface area contributed by atoms with Gasteiger partial charge in [-0.25, -0.2) is 0 Å². The van der Waals surface area contributed by atoms with Gasteiger partial charge in [-0.2, -0.15) is 0 Å². The lowest BCUT2D eigenvalue weighted by Crippen LogP contribution is -2.30. The number of carbonyl (C=O) groups is 3. The van der Waals surface area contributed by atoms with Crippen LogP contribution in [0.3, 0.4) is 0 Å². The number of esters is 3. The van der Waals surface area contributed by atoms with Crippen molar-refractivity contribution >= 4 is 17.9 Å². The Labute approximate surface area is 377 Å². The highest BCUT2D eigenvalue weighted by atomic mass is 16.6. The highest BCUT2D eigenvalue weighted by molar-refractivity contribution is 5.71. The zero-order valence-corrected chi connectivity index (χ0v) is 40.2. The van der Waals surface area contributed by atoms with E-state index in [0.717, 1.165) is 70.6 Å². The van der Waals surface area contributed by atoms with Gasteiger partial charge in [0.25, 0.3) is 0 Å². The third-order valence-corrected chi connectivity index (χ3v) is 11.0. The van der Waals surface area contributed by atoms with Crippen LogP contribution in [-0.2, 0) is 28.6 Å². The van der Waals surface area contributed by atoms with E-state index in [1.807, 2.05) is 0 Å². The maximum Gasteiger partial charge on any atom is 0.306 e. The van der Waals surface area contributed by atoms with E-state index in [0.29, 0.717) is 19.3 Å². The quantitative estimate of drug-likeness (QED) is 0.0263. The SMILES string of the molecule is CCCC/C=C\CCCCCCCC(=O)OC[C@@H](COC(=O)CCC/C=C\C/C=C\C/C=C\C/C=C\CCCCC)OC(=O)CCCCCCCCCCCCCCCCC. The van der Waals surface area contributed by atoms with Gasteiger partial charge in [-0.15, -0.1) is 0 Å². The Morgan fingerprint density at radius 3 is 1.08 bits per heavy atom. The van der Waals surface area contributed by atoms with E-state index in [9.17, 15) is 14.4 Å². The average molecular weight is 853 g/mol. The van der Waals surface area contributed by atoms with Crippen LogP contribution in [0.4, 0.5) is 0 Å². The summed E-state index contributed by atoms with van der Waals surface area (Å²) in [5, 5.41) is 0. The number of ether oxygens (including phenoxy) is 3. The van der Waals surface area contributed by atoms with E-state index in [1.165, 1.54) is 135 Å². The van der Waals surface area contributed by atoms with Gasteiger partial charge >= 0.3 is 17.9 Å². The van der Waals surface area contributed by atoms with E-state index < -0.39 is 6.10 Å². The molecule has 0 aliphatic carbocycles. The van der Waals surface area contributed by atoms with Crippen molar-refractivity contribution in [1.29, 1.82) is 0 Å². The molecule has 0 bridgehead atoms. The van der Waals surface area contributed by atoms with Crippen LogP contribution in [0, 0.1) is 0 Å². The molecular formula is C55H96O6. The predicted molar refractivity (Wildman–Crippen MR) is 261 cm³/mol. The third-order valence-electron chi connectivity index (χ3n) is 11.0. The molecule has 6 heteroatoms. The summed E-state index contributed by atoms with van der Waals surface area (Å²) in [6.07, 6.45) is 60.6. The Morgan fingerprint density at radius 2 is 0.623 bits per heavy atom. The van der Waals surface area contributed by atoms with Crippen molar-refractivity contribution in [2.75, 3.05) is 13.2 Å². The highest BCUT2D eigenvalue weighted by Gasteiger charge is 2.19. The molecule has 0 heterocycles. The molecule has 0 radical (unpaired) electrons. The molecule has 1 atom stereocenters. The van der Waals surface area contributed by atoms with Crippen molar-refractivity contribution in [3.8, 4) is 0 Å². The van der Waals surface area contributed by atoms with Gasteiger partial charge in [0.2, 0.25) is 0 Å². The second kappa shape index (κ2) is 49.8. The first-order valence-electron chi connectivity index (χ1n) is 25.8. The second-order valence-electron chi connectivity index (χ2n) is 17.1. The molecule has 0 aromatic rings. The summed E-state index contributed by atoms with van der Waals surface area (Å²) in [5.74, 6) is -0.956. The first-order chi connectivity index (χ1) is 30.0. The number of rotatable bonds is 46. The zero-order chi connectivity index (χ0) is 44.4. The summed E-state index contributed by atoms with van der Waals surface area (Å²) in [4.78, 5) is 37.9. The molecule has 0 amide bonds. The fourth-order valence-corrected chi connectivity index (χ4v) is 7.06. The maximum atomic E-state index is 12.8. The summed E-state index contributed by atoms with van der Waals surface area (Å²) in [5.41, 5.74) is 0. The molecule has 352 valence electrons. The summed E-state index contributed by atoms with van der Waals surface area (Å²) >= 11 is 0. The van der Waals surface area contributed by atoms with E-state index in [-0.39, 0.29) is 37.5 Å². The van der Waals surface area contributed by atoms with Crippen LogP contribution in [-0.4, -0.2) is 37.2 Å². The van der Waals surface area contributed by atoms with Crippen molar-refractivity contribution in [3.05, 3.63) is 60.8 Å². The molecule has 0 unspecified atom stereocenters. The molecule has 0 aliphatic heterocycles. The molecule has 0 fully saturated rings. The molecule has 0 saturated heterocycles. The fourth-order valence-electron chi connectivity index (χ4n) is 7.06. The number of allylic oxidation sites excluding steroid dienone is 10. The standard InChI is InChI=1S/C55H96O6/c1-4-7-10-13-16-19-22-24-26-27-29-30-33-36-39-42-45-48-54(57)60-51-52(50-59-53(56)47-44-41-38-35-32-21-18-15-12-9-6-3)61-55(58)49-46-43-40-37-34-31-28-25-23-20-17-14-11-8-5-2/h15-16,18-19,24,26,29-30,36,39,52H,4-14,17,20-23,25,27-28,31-35,37-38,40-51H2,1-3H3/b18-15-,19-16-,26-24-,30-29-,39-36-/t52-/m0/s1. The first-order valence-corrected chi connectivity index (χ1v) is 25.8.